The molecule has 8 heteroatoms. The molecule has 0 bridgehead atoms. The minimum absolute atomic E-state index is 0.292. The third-order valence-electron chi connectivity index (χ3n) is 5.37. The normalized spacial score (nSPS) is 17.8. The molecule has 1 aliphatic carbocycles. The summed E-state index contributed by atoms with van der Waals surface area (Å²) >= 11 is 3.33. The van der Waals surface area contributed by atoms with Gasteiger partial charge in [0.1, 0.15) is 11.9 Å². The molecule has 1 aliphatic heterocycles. The molecule has 2 aliphatic rings. The van der Waals surface area contributed by atoms with Crippen molar-refractivity contribution in [2.75, 3.05) is 31.1 Å². The fraction of sp³-hybridized carbons (Fsp3) is 0.400. The first-order valence-corrected chi connectivity index (χ1v) is 11.7. The van der Waals surface area contributed by atoms with Crippen LogP contribution in [0.25, 0.3) is 0 Å². The van der Waals surface area contributed by atoms with Gasteiger partial charge in [0.2, 0.25) is 10.0 Å². The maximum absolute atomic E-state index is 12.9. The Bertz CT molecular complexity index is 1040. The molecule has 28 heavy (non-hydrogen) atoms. The Labute approximate surface area is 174 Å². The summed E-state index contributed by atoms with van der Waals surface area (Å²) in [6.45, 7) is 1.79. The largest absolute Gasteiger partial charge is 0.353 e. The highest BCUT2D eigenvalue weighted by Crippen LogP contribution is 2.28. The molecule has 4 rings (SSSR count). The van der Waals surface area contributed by atoms with Crippen molar-refractivity contribution >= 4 is 31.8 Å². The van der Waals surface area contributed by atoms with E-state index >= 15 is 0 Å². The van der Waals surface area contributed by atoms with Gasteiger partial charge in [-0.3, -0.25) is 0 Å². The molecule has 1 saturated heterocycles. The predicted molar refractivity (Wildman–Crippen MR) is 111 cm³/mol. The predicted octanol–water partition coefficient (Wildman–Crippen LogP) is 3.11. The van der Waals surface area contributed by atoms with Gasteiger partial charge in [-0.05, 0) is 55.5 Å². The molecule has 1 aromatic heterocycles. The number of piperazine rings is 1. The number of nitrogens with zero attached hydrogens (tertiary/aromatic N) is 4. The van der Waals surface area contributed by atoms with Gasteiger partial charge in [0, 0.05) is 36.3 Å². The van der Waals surface area contributed by atoms with E-state index in [2.05, 4.69) is 22.0 Å². The Morgan fingerprint density at radius 3 is 2.54 bits per heavy atom. The highest BCUT2D eigenvalue weighted by molar-refractivity contribution is 9.10. The van der Waals surface area contributed by atoms with E-state index in [1.165, 1.54) is 9.87 Å². The number of aryl methyl sites for hydroxylation is 2. The Hall–Kier alpha value is -1.95. The Kier molecular flexibility index (Phi) is 5.41. The van der Waals surface area contributed by atoms with Crippen LogP contribution in [-0.2, 0) is 22.9 Å². The third-order valence-corrected chi connectivity index (χ3v) is 7.76. The zero-order valence-electron chi connectivity index (χ0n) is 15.4. The number of pyridine rings is 1. The van der Waals surface area contributed by atoms with Crippen molar-refractivity contribution < 1.29 is 8.42 Å². The fourth-order valence-corrected chi connectivity index (χ4v) is 5.88. The SMILES string of the molecule is N#Cc1cc2c(nc1N1CCN(S(=O)(=O)c3cccc(Br)c3)CC1)CCCC2. The first kappa shape index (κ1) is 19.4. The van der Waals surface area contributed by atoms with E-state index in [4.69, 9.17) is 4.98 Å². The zero-order valence-corrected chi connectivity index (χ0v) is 17.8. The molecule has 2 heterocycles. The third kappa shape index (κ3) is 3.66. The van der Waals surface area contributed by atoms with Crippen molar-refractivity contribution in [1.82, 2.24) is 9.29 Å². The number of rotatable bonds is 3. The number of anilines is 1. The van der Waals surface area contributed by atoms with Crippen LogP contribution in [0.2, 0.25) is 0 Å². The van der Waals surface area contributed by atoms with E-state index in [-0.39, 0.29) is 0 Å². The summed E-state index contributed by atoms with van der Waals surface area (Å²) in [7, 11) is -3.53. The van der Waals surface area contributed by atoms with E-state index in [1.807, 2.05) is 17.0 Å². The summed E-state index contributed by atoms with van der Waals surface area (Å²) in [4.78, 5) is 7.13. The number of halogens is 1. The average Bonchev–Trinajstić information content (AvgIpc) is 2.73. The molecule has 146 valence electrons. The second-order valence-electron chi connectivity index (χ2n) is 7.13. The van der Waals surface area contributed by atoms with Crippen LogP contribution >= 0.6 is 15.9 Å². The van der Waals surface area contributed by atoms with Crippen molar-refractivity contribution in [2.45, 2.75) is 30.6 Å². The molecule has 6 nitrogen and oxygen atoms in total. The van der Waals surface area contributed by atoms with Crippen LogP contribution in [0.1, 0.15) is 29.7 Å². The number of sulfonamides is 1. The van der Waals surface area contributed by atoms with Crippen molar-refractivity contribution in [2.24, 2.45) is 0 Å². The highest BCUT2D eigenvalue weighted by Gasteiger charge is 2.30. The minimum Gasteiger partial charge on any atom is -0.353 e. The van der Waals surface area contributed by atoms with Gasteiger partial charge in [0.15, 0.2) is 0 Å². The molecule has 0 atom stereocenters. The summed E-state index contributed by atoms with van der Waals surface area (Å²) in [6, 6.07) is 11.0. The minimum atomic E-state index is -3.53. The van der Waals surface area contributed by atoms with Crippen LogP contribution < -0.4 is 4.90 Å². The maximum Gasteiger partial charge on any atom is 0.243 e. The quantitative estimate of drug-likeness (QED) is 0.702. The van der Waals surface area contributed by atoms with Gasteiger partial charge >= 0.3 is 0 Å². The molecule has 0 spiro atoms. The number of hydrogen-bond acceptors (Lipinski definition) is 5. The molecule has 2 aromatic rings. The molecule has 0 amide bonds. The number of benzene rings is 1. The van der Waals surface area contributed by atoms with E-state index in [9.17, 15) is 13.7 Å². The fourth-order valence-electron chi connectivity index (χ4n) is 3.86. The Balaban J connectivity index is 1.54. The van der Waals surface area contributed by atoms with Gasteiger partial charge in [-0.2, -0.15) is 9.57 Å². The monoisotopic (exact) mass is 460 g/mol. The van der Waals surface area contributed by atoms with Gasteiger partial charge < -0.3 is 4.90 Å². The average molecular weight is 461 g/mol. The number of hydrogen-bond donors (Lipinski definition) is 0. The van der Waals surface area contributed by atoms with Crippen LogP contribution in [0.5, 0.6) is 0 Å². The molecular formula is C20H21BrN4O2S. The lowest BCUT2D eigenvalue weighted by molar-refractivity contribution is 0.383. The Morgan fingerprint density at radius 1 is 1.07 bits per heavy atom. The van der Waals surface area contributed by atoms with Gasteiger partial charge in [-0.1, -0.05) is 22.0 Å². The molecule has 0 saturated carbocycles. The number of fused-ring (bicyclic) bond motifs is 1. The van der Waals surface area contributed by atoms with Crippen molar-refractivity contribution in [1.29, 1.82) is 5.26 Å². The lowest BCUT2D eigenvalue weighted by Gasteiger charge is -2.35. The maximum atomic E-state index is 12.9. The topological polar surface area (TPSA) is 77.3 Å². The Morgan fingerprint density at radius 2 is 1.82 bits per heavy atom. The second kappa shape index (κ2) is 7.82. The zero-order chi connectivity index (χ0) is 19.7. The molecule has 0 radical (unpaired) electrons. The number of nitriles is 1. The lowest BCUT2D eigenvalue weighted by Crippen LogP contribution is -2.49. The summed E-state index contributed by atoms with van der Waals surface area (Å²) in [5, 5.41) is 9.58. The molecule has 1 aromatic carbocycles. The van der Waals surface area contributed by atoms with Crippen LogP contribution in [-0.4, -0.2) is 43.9 Å². The molecule has 1 fully saturated rings. The highest BCUT2D eigenvalue weighted by atomic mass is 79.9. The van der Waals surface area contributed by atoms with Gasteiger partial charge in [-0.15, -0.1) is 0 Å². The van der Waals surface area contributed by atoms with E-state index in [0.29, 0.717) is 42.5 Å². The molecule has 0 unspecified atom stereocenters. The van der Waals surface area contributed by atoms with Crippen molar-refractivity contribution in [3.63, 3.8) is 0 Å². The smallest absolute Gasteiger partial charge is 0.243 e. The summed E-state index contributed by atoms with van der Waals surface area (Å²) in [5.74, 6) is 0.697. The van der Waals surface area contributed by atoms with Crippen LogP contribution in [0, 0.1) is 11.3 Å². The van der Waals surface area contributed by atoms with E-state index in [0.717, 1.165) is 35.8 Å². The van der Waals surface area contributed by atoms with Gasteiger partial charge in [0.25, 0.3) is 0 Å². The van der Waals surface area contributed by atoms with Gasteiger partial charge in [0.05, 0.1) is 10.5 Å². The van der Waals surface area contributed by atoms with Crippen LogP contribution in [0.4, 0.5) is 5.82 Å². The van der Waals surface area contributed by atoms with Crippen molar-refractivity contribution in [3.8, 4) is 6.07 Å². The van der Waals surface area contributed by atoms with Crippen LogP contribution in [0.3, 0.4) is 0 Å². The standard InChI is InChI=1S/C20H21BrN4O2S/c21-17-5-3-6-18(13-17)28(26,27)25-10-8-24(9-11-25)20-16(14-22)12-15-4-1-2-7-19(15)23-20/h3,5-6,12-13H,1-2,4,7-11H2. The van der Waals surface area contributed by atoms with E-state index in [1.54, 1.807) is 18.2 Å². The van der Waals surface area contributed by atoms with E-state index < -0.39 is 10.0 Å². The molecule has 0 N–H and O–H groups in total. The second-order valence-corrected chi connectivity index (χ2v) is 9.99. The summed E-state index contributed by atoms with van der Waals surface area (Å²) < 4.78 is 28.1. The lowest BCUT2D eigenvalue weighted by atomic mass is 9.95. The first-order valence-electron chi connectivity index (χ1n) is 9.42. The van der Waals surface area contributed by atoms with Crippen LogP contribution in [0.15, 0.2) is 39.7 Å². The number of aromatic nitrogens is 1. The summed E-state index contributed by atoms with van der Waals surface area (Å²) in [6.07, 6.45) is 4.20. The van der Waals surface area contributed by atoms with Crippen molar-refractivity contribution in [3.05, 3.63) is 51.6 Å². The molecular weight excluding hydrogens is 440 g/mol. The first-order chi connectivity index (χ1) is 13.5. The van der Waals surface area contributed by atoms with Gasteiger partial charge in [-0.25, -0.2) is 13.4 Å². The summed E-state index contributed by atoms with van der Waals surface area (Å²) in [5.41, 5.74) is 2.86.